The molecular weight excluding hydrogens is 479 g/mol. The van der Waals surface area contributed by atoms with Gasteiger partial charge in [-0.1, -0.05) is 6.07 Å². The average Bonchev–Trinajstić information content (AvgIpc) is 3.30. The Labute approximate surface area is 215 Å². The summed E-state index contributed by atoms with van der Waals surface area (Å²) in [5, 5.41) is 17.1. The molecule has 2 aromatic carbocycles. The summed E-state index contributed by atoms with van der Waals surface area (Å²) in [6.07, 6.45) is 1.64. The lowest BCUT2D eigenvalue weighted by atomic mass is 10.1. The van der Waals surface area contributed by atoms with Crippen LogP contribution in [0.3, 0.4) is 0 Å². The molecule has 0 aliphatic heterocycles. The minimum Gasteiger partial charge on any atom is -0.494 e. The molecule has 1 heterocycles. The number of carbonyl (C=O) groups excluding carboxylic acids is 2. The normalized spacial score (nSPS) is 10.9. The van der Waals surface area contributed by atoms with E-state index in [1.54, 1.807) is 51.5 Å². The number of aryl methyl sites for hydroxylation is 1. The fraction of sp³-hybridized carbons (Fsp3) is 0.400. The number of rotatable bonds is 11. The van der Waals surface area contributed by atoms with Crippen LogP contribution in [-0.2, 0) is 13.6 Å². The van der Waals surface area contributed by atoms with Crippen LogP contribution < -0.4 is 15.4 Å². The van der Waals surface area contributed by atoms with Crippen LogP contribution in [0.4, 0.5) is 14.9 Å². The van der Waals surface area contributed by atoms with Crippen molar-refractivity contribution in [3.05, 3.63) is 53.3 Å². The molecule has 0 spiro atoms. The fourth-order valence-electron chi connectivity index (χ4n) is 3.76. The lowest BCUT2D eigenvalue weighted by molar-refractivity contribution is 0.0827. The summed E-state index contributed by atoms with van der Waals surface area (Å²) < 4.78 is 20.1. The highest BCUT2D eigenvalue weighted by Crippen LogP contribution is 2.23. The van der Waals surface area contributed by atoms with Gasteiger partial charge in [0.25, 0.3) is 5.91 Å². The van der Waals surface area contributed by atoms with Gasteiger partial charge in [0, 0.05) is 51.0 Å². The molecular formula is C25H33FN8O3. The highest BCUT2D eigenvalue weighted by molar-refractivity contribution is 5.98. The molecule has 3 rings (SSSR count). The van der Waals surface area contributed by atoms with Gasteiger partial charge in [0.1, 0.15) is 0 Å². The second kappa shape index (κ2) is 12.8. The van der Waals surface area contributed by atoms with Crippen molar-refractivity contribution in [3.63, 3.8) is 0 Å². The second-order valence-electron chi connectivity index (χ2n) is 8.92. The van der Waals surface area contributed by atoms with Gasteiger partial charge in [-0.2, -0.15) is 0 Å². The number of halogens is 1. The number of benzene rings is 2. The van der Waals surface area contributed by atoms with Crippen LogP contribution in [0.25, 0.3) is 11.4 Å². The van der Waals surface area contributed by atoms with Crippen LogP contribution in [0.5, 0.6) is 5.75 Å². The number of ether oxygens (including phenoxy) is 1. The third kappa shape index (κ3) is 7.71. The maximum Gasteiger partial charge on any atom is 0.319 e. The average molecular weight is 513 g/mol. The molecule has 37 heavy (non-hydrogen) atoms. The zero-order valence-corrected chi connectivity index (χ0v) is 21.8. The van der Waals surface area contributed by atoms with E-state index in [-0.39, 0.29) is 23.5 Å². The Morgan fingerprint density at radius 3 is 2.57 bits per heavy atom. The molecule has 0 saturated carbocycles. The zero-order chi connectivity index (χ0) is 26.9. The number of aromatic nitrogens is 4. The van der Waals surface area contributed by atoms with E-state index in [9.17, 15) is 14.0 Å². The fourth-order valence-corrected chi connectivity index (χ4v) is 3.76. The van der Waals surface area contributed by atoms with E-state index in [0.717, 1.165) is 24.9 Å². The lowest BCUT2D eigenvalue weighted by Crippen LogP contribution is -2.30. The van der Waals surface area contributed by atoms with Crippen LogP contribution in [0.15, 0.2) is 36.4 Å². The maximum absolute atomic E-state index is 13.6. The van der Waals surface area contributed by atoms with Crippen molar-refractivity contribution in [3.8, 4) is 17.1 Å². The summed E-state index contributed by atoms with van der Waals surface area (Å²) in [7, 11) is 8.45. The Kier molecular flexibility index (Phi) is 9.50. The van der Waals surface area contributed by atoms with E-state index < -0.39 is 0 Å². The molecule has 0 saturated heterocycles. The first kappa shape index (κ1) is 27.5. The van der Waals surface area contributed by atoms with Crippen molar-refractivity contribution >= 4 is 17.6 Å². The van der Waals surface area contributed by atoms with Gasteiger partial charge in [0.2, 0.25) is 0 Å². The van der Waals surface area contributed by atoms with Crippen molar-refractivity contribution in [1.82, 2.24) is 35.3 Å². The number of tetrazole rings is 1. The topological polar surface area (TPSA) is 118 Å². The SMILES string of the molecule is COc1cc(CN(C)CCCCNC(=O)Nc2cc(C(=O)N(C)C)cc(-c3nnnn3C)c2)ccc1F. The highest BCUT2D eigenvalue weighted by atomic mass is 19.1. The minimum atomic E-state index is -0.379. The molecule has 1 aromatic heterocycles. The smallest absolute Gasteiger partial charge is 0.319 e. The van der Waals surface area contributed by atoms with Gasteiger partial charge in [-0.25, -0.2) is 13.9 Å². The summed E-state index contributed by atoms with van der Waals surface area (Å²) >= 11 is 0. The predicted octanol–water partition coefficient (Wildman–Crippen LogP) is 2.76. The first-order chi connectivity index (χ1) is 17.7. The molecule has 0 fully saturated rings. The van der Waals surface area contributed by atoms with E-state index in [1.165, 1.54) is 22.8 Å². The molecule has 0 radical (unpaired) electrons. The molecule has 3 aromatic rings. The number of nitrogens with zero attached hydrogens (tertiary/aromatic N) is 6. The zero-order valence-electron chi connectivity index (χ0n) is 21.8. The van der Waals surface area contributed by atoms with Crippen LogP contribution in [-0.4, -0.2) is 83.3 Å². The van der Waals surface area contributed by atoms with E-state index in [0.29, 0.717) is 35.7 Å². The van der Waals surface area contributed by atoms with Crippen LogP contribution in [0.2, 0.25) is 0 Å². The van der Waals surface area contributed by atoms with Gasteiger partial charge in [-0.3, -0.25) is 4.79 Å². The molecule has 11 nitrogen and oxygen atoms in total. The minimum absolute atomic E-state index is 0.205. The molecule has 0 atom stereocenters. The number of urea groups is 1. The number of hydrogen-bond acceptors (Lipinski definition) is 7. The molecule has 0 aliphatic rings. The van der Waals surface area contributed by atoms with Crippen LogP contribution in [0, 0.1) is 5.82 Å². The molecule has 0 bridgehead atoms. The third-order valence-corrected chi connectivity index (χ3v) is 5.64. The lowest BCUT2D eigenvalue weighted by Gasteiger charge is -2.17. The number of amides is 3. The first-order valence-electron chi connectivity index (χ1n) is 11.8. The number of hydrogen-bond donors (Lipinski definition) is 2. The number of anilines is 1. The van der Waals surface area contributed by atoms with Gasteiger partial charge < -0.3 is 25.2 Å². The second-order valence-corrected chi connectivity index (χ2v) is 8.92. The van der Waals surface area contributed by atoms with Crippen LogP contribution >= 0.6 is 0 Å². The Morgan fingerprint density at radius 1 is 1.11 bits per heavy atom. The van der Waals surface area contributed by atoms with Crippen molar-refractivity contribution < 1.29 is 18.7 Å². The van der Waals surface area contributed by atoms with Gasteiger partial charge in [0.05, 0.1) is 7.11 Å². The summed E-state index contributed by atoms with van der Waals surface area (Å²) in [5.74, 6) is 0.123. The number of nitrogens with one attached hydrogen (secondary N) is 2. The largest absolute Gasteiger partial charge is 0.494 e. The van der Waals surface area contributed by atoms with E-state index >= 15 is 0 Å². The quantitative estimate of drug-likeness (QED) is 0.380. The van der Waals surface area contributed by atoms with Crippen molar-refractivity contribution in [2.75, 3.05) is 46.7 Å². The summed E-state index contributed by atoms with van der Waals surface area (Å²) in [5.41, 5.74) is 2.43. The van der Waals surface area contributed by atoms with E-state index in [1.807, 2.05) is 7.05 Å². The highest BCUT2D eigenvalue weighted by Gasteiger charge is 2.15. The predicted molar refractivity (Wildman–Crippen MR) is 138 cm³/mol. The summed E-state index contributed by atoms with van der Waals surface area (Å²) in [6, 6.07) is 9.51. The third-order valence-electron chi connectivity index (χ3n) is 5.64. The molecule has 198 valence electrons. The number of carbonyl (C=O) groups is 2. The molecule has 3 amide bonds. The number of unbranched alkanes of at least 4 members (excludes halogenated alkanes) is 1. The summed E-state index contributed by atoms with van der Waals surface area (Å²) in [4.78, 5) is 28.7. The standard InChI is InChI=1S/C25H33FN8O3/c1-32(2)24(35)19-13-18(23-29-30-31-34(23)4)14-20(15-19)28-25(36)27-10-6-7-11-33(3)16-17-8-9-21(26)22(12-17)37-5/h8-9,12-15H,6-7,10-11,16H2,1-5H3,(H2,27,28,36). The monoisotopic (exact) mass is 512 g/mol. The molecule has 2 N–H and O–H groups in total. The van der Waals surface area contributed by atoms with Gasteiger partial charge in [-0.15, -0.1) is 5.10 Å². The van der Waals surface area contributed by atoms with Crippen LogP contribution in [0.1, 0.15) is 28.8 Å². The summed E-state index contributed by atoms with van der Waals surface area (Å²) in [6.45, 7) is 1.96. The first-order valence-corrected chi connectivity index (χ1v) is 11.8. The maximum atomic E-state index is 13.6. The Hall–Kier alpha value is -4.06. The Balaban J connectivity index is 1.50. The van der Waals surface area contributed by atoms with Crippen molar-refractivity contribution in [1.29, 1.82) is 0 Å². The molecule has 0 unspecified atom stereocenters. The van der Waals surface area contributed by atoms with Crippen molar-refractivity contribution in [2.45, 2.75) is 19.4 Å². The van der Waals surface area contributed by atoms with E-state index in [2.05, 4.69) is 31.1 Å². The van der Waals surface area contributed by atoms with Gasteiger partial charge >= 0.3 is 6.03 Å². The van der Waals surface area contributed by atoms with E-state index in [4.69, 9.17) is 4.74 Å². The Bertz CT molecular complexity index is 1230. The Morgan fingerprint density at radius 2 is 1.89 bits per heavy atom. The van der Waals surface area contributed by atoms with Crippen molar-refractivity contribution in [2.24, 2.45) is 7.05 Å². The molecule has 12 heteroatoms. The van der Waals surface area contributed by atoms with Gasteiger partial charge in [-0.05, 0) is 72.8 Å². The van der Waals surface area contributed by atoms with Gasteiger partial charge in [0.15, 0.2) is 17.4 Å². The molecule has 0 aliphatic carbocycles. The number of methoxy groups -OCH3 is 1.